The topological polar surface area (TPSA) is 42.2 Å². The highest BCUT2D eigenvalue weighted by molar-refractivity contribution is 9.10. The van der Waals surface area contributed by atoms with Crippen molar-refractivity contribution < 1.29 is 9.90 Å². The molecule has 4 heteroatoms. The second kappa shape index (κ2) is 4.53. The lowest BCUT2D eigenvalue weighted by atomic mass is 10.1. The van der Waals surface area contributed by atoms with E-state index in [1.807, 2.05) is 29.7 Å². The third kappa shape index (κ3) is 2.21. The van der Waals surface area contributed by atoms with Gasteiger partial charge in [0.05, 0.1) is 5.69 Å². The number of hydrogen-bond donors (Lipinski definition) is 1. The highest BCUT2D eigenvalue weighted by Crippen LogP contribution is 2.41. The molecule has 0 unspecified atom stereocenters. The number of nitrogens with zero attached hydrogens (tertiary/aromatic N) is 1. The molecule has 0 amide bonds. The zero-order valence-electron chi connectivity index (χ0n) is 10.6. The fraction of sp³-hybridized carbons (Fsp3) is 0.267. The predicted molar refractivity (Wildman–Crippen MR) is 77.5 cm³/mol. The van der Waals surface area contributed by atoms with Gasteiger partial charge in [0.25, 0.3) is 0 Å². The van der Waals surface area contributed by atoms with Gasteiger partial charge in [-0.15, -0.1) is 0 Å². The quantitative estimate of drug-likeness (QED) is 0.918. The van der Waals surface area contributed by atoms with Gasteiger partial charge in [-0.25, -0.2) is 4.79 Å². The van der Waals surface area contributed by atoms with Crippen LogP contribution in [0.5, 0.6) is 0 Å². The van der Waals surface area contributed by atoms with E-state index < -0.39 is 5.97 Å². The highest BCUT2D eigenvalue weighted by atomic mass is 79.9. The van der Waals surface area contributed by atoms with Crippen molar-refractivity contribution in [2.45, 2.75) is 25.8 Å². The molecule has 2 aromatic rings. The van der Waals surface area contributed by atoms with E-state index in [9.17, 15) is 9.90 Å². The Bertz CT molecular complexity index is 656. The van der Waals surface area contributed by atoms with E-state index in [1.165, 1.54) is 5.56 Å². The van der Waals surface area contributed by atoms with Gasteiger partial charge in [0.1, 0.15) is 5.69 Å². The Morgan fingerprint density at radius 3 is 2.63 bits per heavy atom. The Hall–Kier alpha value is -1.55. The van der Waals surface area contributed by atoms with Gasteiger partial charge < -0.3 is 9.67 Å². The van der Waals surface area contributed by atoms with Gasteiger partial charge in [-0.3, -0.25) is 0 Å². The van der Waals surface area contributed by atoms with Crippen LogP contribution in [0.1, 0.15) is 34.9 Å². The Labute approximate surface area is 120 Å². The average Bonchev–Trinajstić information content (AvgIpc) is 3.08. The van der Waals surface area contributed by atoms with Crippen molar-refractivity contribution in [2.75, 3.05) is 0 Å². The molecule has 3 nitrogen and oxygen atoms in total. The summed E-state index contributed by atoms with van der Waals surface area (Å²) >= 11 is 3.57. The van der Waals surface area contributed by atoms with Crippen LogP contribution >= 0.6 is 15.9 Å². The molecule has 0 bridgehead atoms. The van der Waals surface area contributed by atoms with Crippen molar-refractivity contribution in [3.8, 4) is 11.3 Å². The minimum atomic E-state index is -0.860. The van der Waals surface area contributed by atoms with Gasteiger partial charge in [-0.2, -0.15) is 0 Å². The minimum Gasteiger partial charge on any atom is -0.477 e. The monoisotopic (exact) mass is 319 g/mol. The van der Waals surface area contributed by atoms with Crippen LogP contribution in [0.25, 0.3) is 11.3 Å². The zero-order valence-corrected chi connectivity index (χ0v) is 12.1. The third-order valence-corrected chi connectivity index (χ3v) is 4.11. The van der Waals surface area contributed by atoms with E-state index in [-0.39, 0.29) is 0 Å². The largest absolute Gasteiger partial charge is 0.477 e. The summed E-state index contributed by atoms with van der Waals surface area (Å²) in [7, 11) is 0. The summed E-state index contributed by atoms with van der Waals surface area (Å²) in [6, 6.07) is 10.1. The van der Waals surface area contributed by atoms with E-state index in [1.54, 1.807) is 6.07 Å². The van der Waals surface area contributed by atoms with Crippen molar-refractivity contribution in [3.63, 3.8) is 0 Å². The number of halogens is 1. The molecular formula is C15H14BrNO2. The Balaban J connectivity index is 2.17. The van der Waals surface area contributed by atoms with Crippen LogP contribution in [0.2, 0.25) is 0 Å². The van der Waals surface area contributed by atoms with Crippen molar-refractivity contribution in [1.82, 2.24) is 4.57 Å². The molecular weight excluding hydrogens is 306 g/mol. The molecule has 1 aromatic carbocycles. The Morgan fingerprint density at radius 2 is 2.05 bits per heavy atom. The average molecular weight is 320 g/mol. The lowest BCUT2D eigenvalue weighted by Crippen LogP contribution is -2.08. The number of carboxylic acid groups (broad SMARTS) is 1. The van der Waals surface area contributed by atoms with Gasteiger partial charge in [0.2, 0.25) is 0 Å². The second-order valence-corrected chi connectivity index (χ2v) is 5.85. The van der Waals surface area contributed by atoms with Crippen LogP contribution in [0.15, 0.2) is 34.8 Å². The van der Waals surface area contributed by atoms with Crippen LogP contribution in [-0.4, -0.2) is 15.6 Å². The number of aryl methyl sites for hydroxylation is 1. The Morgan fingerprint density at radius 1 is 1.32 bits per heavy atom. The number of aromatic nitrogens is 1. The molecule has 19 heavy (non-hydrogen) atoms. The molecule has 1 saturated carbocycles. The SMILES string of the molecule is Cc1ccc(-c2ccc(C(=O)O)n2C2CC2)c(Br)c1. The number of benzene rings is 1. The maximum absolute atomic E-state index is 11.3. The first-order chi connectivity index (χ1) is 9.08. The van der Waals surface area contributed by atoms with Crippen LogP contribution in [-0.2, 0) is 0 Å². The van der Waals surface area contributed by atoms with E-state index in [2.05, 4.69) is 22.0 Å². The molecule has 3 rings (SSSR count). The van der Waals surface area contributed by atoms with Crippen LogP contribution in [0, 0.1) is 6.92 Å². The highest BCUT2D eigenvalue weighted by Gasteiger charge is 2.30. The third-order valence-electron chi connectivity index (χ3n) is 3.45. The summed E-state index contributed by atoms with van der Waals surface area (Å²) in [5.74, 6) is -0.860. The molecule has 0 radical (unpaired) electrons. The van der Waals surface area contributed by atoms with Crippen molar-refractivity contribution in [3.05, 3.63) is 46.1 Å². The number of rotatable bonds is 3. The van der Waals surface area contributed by atoms with Gasteiger partial charge >= 0.3 is 5.97 Å². The van der Waals surface area contributed by atoms with Gasteiger partial charge in [-0.1, -0.05) is 28.1 Å². The normalized spacial score (nSPS) is 14.6. The van der Waals surface area contributed by atoms with Crippen LogP contribution in [0.4, 0.5) is 0 Å². The molecule has 0 saturated heterocycles. The first-order valence-electron chi connectivity index (χ1n) is 6.29. The van der Waals surface area contributed by atoms with E-state index in [0.29, 0.717) is 11.7 Å². The van der Waals surface area contributed by atoms with Crippen molar-refractivity contribution >= 4 is 21.9 Å². The second-order valence-electron chi connectivity index (χ2n) is 4.99. The number of aromatic carboxylic acids is 1. The fourth-order valence-electron chi connectivity index (χ4n) is 2.40. The van der Waals surface area contributed by atoms with Crippen molar-refractivity contribution in [2.24, 2.45) is 0 Å². The standard InChI is InChI=1S/C15H14BrNO2/c1-9-2-5-11(12(16)8-9)13-6-7-14(15(18)19)17(13)10-3-4-10/h2,5-8,10H,3-4H2,1H3,(H,18,19). The molecule has 1 N–H and O–H groups in total. The summed E-state index contributed by atoms with van der Waals surface area (Å²) < 4.78 is 2.96. The molecule has 0 atom stereocenters. The molecule has 1 aliphatic carbocycles. The minimum absolute atomic E-state index is 0.337. The Kier molecular flexibility index (Phi) is 2.97. The molecule has 98 valence electrons. The van der Waals surface area contributed by atoms with Crippen LogP contribution < -0.4 is 0 Å². The van der Waals surface area contributed by atoms with E-state index in [4.69, 9.17) is 0 Å². The molecule has 0 aliphatic heterocycles. The van der Waals surface area contributed by atoms with Gasteiger partial charge in [0, 0.05) is 16.1 Å². The summed E-state index contributed by atoms with van der Waals surface area (Å²) in [4.78, 5) is 11.3. The molecule has 1 aliphatic rings. The van der Waals surface area contributed by atoms with Crippen LogP contribution in [0.3, 0.4) is 0 Å². The number of carbonyl (C=O) groups is 1. The fourth-order valence-corrected chi connectivity index (χ4v) is 3.09. The first kappa shape index (κ1) is 12.5. The molecule has 1 heterocycles. The predicted octanol–water partition coefficient (Wildman–Crippen LogP) is 4.26. The lowest BCUT2D eigenvalue weighted by molar-refractivity contribution is 0.0685. The maximum atomic E-state index is 11.3. The smallest absolute Gasteiger partial charge is 0.352 e. The summed E-state index contributed by atoms with van der Waals surface area (Å²) in [6.07, 6.45) is 2.12. The summed E-state index contributed by atoms with van der Waals surface area (Å²) in [5, 5.41) is 9.28. The zero-order chi connectivity index (χ0) is 13.6. The maximum Gasteiger partial charge on any atom is 0.352 e. The molecule has 1 aromatic heterocycles. The summed E-state index contributed by atoms with van der Waals surface area (Å²) in [6.45, 7) is 2.04. The number of carboxylic acids is 1. The summed E-state index contributed by atoms with van der Waals surface area (Å²) in [5.41, 5.74) is 3.58. The van der Waals surface area contributed by atoms with Crippen molar-refractivity contribution in [1.29, 1.82) is 0 Å². The lowest BCUT2D eigenvalue weighted by Gasteiger charge is -2.12. The van der Waals surface area contributed by atoms with E-state index >= 15 is 0 Å². The number of hydrogen-bond acceptors (Lipinski definition) is 1. The molecule has 0 spiro atoms. The molecule has 1 fully saturated rings. The van der Waals surface area contributed by atoms with E-state index in [0.717, 1.165) is 28.6 Å². The first-order valence-corrected chi connectivity index (χ1v) is 7.08. The van der Waals surface area contributed by atoms with Gasteiger partial charge in [0.15, 0.2) is 0 Å². The van der Waals surface area contributed by atoms with Gasteiger partial charge in [-0.05, 0) is 43.5 Å².